The van der Waals surface area contributed by atoms with Crippen molar-refractivity contribution in [3.63, 3.8) is 0 Å². The fourth-order valence-corrected chi connectivity index (χ4v) is 1.91. The molecule has 0 spiro atoms. The van der Waals surface area contributed by atoms with E-state index in [9.17, 15) is 14.9 Å². The maximum absolute atomic E-state index is 12.4. The molecule has 0 aliphatic rings. The van der Waals surface area contributed by atoms with Crippen LogP contribution in [-0.2, 0) is 0 Å². The van der Waals surface area contributed by atoms with Crippen molar-refractivity contribution in [2.75, 3.05) is 18.9 Å². The highest BCUT2D eigenvalue weighted by Crippen LogP contribution is 2.29. The minimum Gasteiger partial charge on any atom is -0.380 e. The van der Waals surface area contributed by atoms with Crippen LogP contribution in [0, 0.1) is 10.1 Å². The van der Waals surface area contributed by atoms with Crippen LogP contribution in [-0.4, -0.2) is 35.4 Å². The minimum atomic E-state index is -0.504. The Bertz CT molecular complexity index is 502. The van der Waals surface area contributed by atoms with Gasteiger partial charge in [0.2, 0.25) is 0 Å². The number of para-hydroxylation sites is 1. The average Bonchev–Trinajstić information content (AvgIpc) is 2.44. The molecule has 6 heteroatoms. The second kappa shape index (κ2) is 6.88. The summed E-state index contributed by atoms with van der Waals surface area (Å²) in [6.07, 6.45) is 0.795. The first-order valence-corrected chi connectivity index (χ1v) is 6.72. The van der Waals surface area contributed by atoms with E-state index < -0.39 is 4.92 Å². The lowest BCUT2D eigenvalue weighted by molar-refractivity contribution is -0.384. The first kappa shape index (κ1) is 15.9. The number of rotatable bonds is 6. The van der Waals surface area contributed by atoms with Crippen LogP contribution < -0.4 is 5.32 Å². The van der Waals surface area contributed by atoms with Crippen LogP contribution in [0.2, 0.25) is 0 Å². The Balaban J connectivity index is 3.27. The number of anilines is 1. The first-order valence-electron chi connectivity index (χ1n) is 6.72. The van der Waals surface area contributed by atoms with Gasteiger partial charge in [0.25, 0.3) is 5.91 Å². The van der Waals surface area contributed by atoms with Crippen LogP contribution in [0.3, 0.4) is 0 Å². The van der Waals surface area contributed by atoms with E-state index in [1.807, 2.05) is 20.8 Å². The largest absolute Gasteiger partial charge is 0.380 e. The number of nitrogens with one attached hydrogen (secondary N) is 1. The van der Waals surface area contributed by atoms with Gasteiger partial charge in [-0.05, 0) is 32.4 Å². The lowest BCUT2D eigenvalue weighted by Gasteiger charge is -2.24. The van der Waals surface area contributed by atoms with Gasteiger partial charge >= 0.3 is 5.69 Å². The zero-order valence-corrected chi connectivity index (χ0v) is 12.3. The lowest BCUT2D eigenvalue weighted by atomic mass is 10.1. The van der Waals surface area contributed by atoms with E-state index in [-0.39, 0.29) is 23.2 Å². The SMILES string of the molecule is CCNc1cccc(C(=O)N(C)C(C)CC)c1[N+](=O)[O-]. The number of nitro benzene ring substituents is 1. The summed E-state index contributed by atoms with van der Waals surface area (Å²) in [5.74, 6) is -0.328. The third-order valence-corrected chi connectivity index (χ3v) is 3.39. The number of hydrogen-bond acceptors (Lipinski definition) is 4. The predicted molar refractivity (Wildman–Crippen MR) is 79.1 cm³/mol. The smallest absolute Gasteiger partial charge is 0.305 e. The van der Waals surface area contributed by atoms with Crippen molar-refractivity contribution in [1.82, 2.24) is 4.90 Å². The number of carbonyl (C=O) groups excluding carboxylic acids is 1. The molecule has 1 rings (SSSR count). The molecule has 0 aliphatic carbocycles. The molecule has 0 heterocycles. The molecule has 1 unspecified atom stereocenters. The standard InChI is InChI=1S/C14H21N3O3/c1-5-10(3)16(4)14(18)11-8-7-9-12(15-6-2)13(11)17(19)20/h7-10,15H,5-6H2,1-4H3. The van der Waals surface area contributed by atoms with Crippen molar-refractivity contribution in [3.05, 3.63) is 33.9 Å². The van der Waals surface area contributed by atoms with E-state index in [2.05, 4.69) is 5.32 Å². The third kappa shape index (κ3) is 3.26. The minimum absolute atomic E-state index is 0.0323. The molecule has 1 amide bonds. The molecule has 0 saturated heterocycles. The molecular weight excluding hydrogens is 258 g/mol. The Morgan fingerprint density at radius 3 is 2.60 bits per heavy atom. The summed E-state index contributed by atoms with van der Waals surface area (Å²) >= 11 is 0. The van der Waals surface area contributed by atoms with E-state index in [1.165, 1.54) is 11.0 Å². The van der Waals surface area contributed by atoms with E-state index in [1.54, 1.807) is 19.2 Å². The summed E-state index contributed by atoms with van der Waals surface area (Å²) in [6, 6.07) is 4.80. The van der Waals surface area contributed by atoms with E-state index in [0.717, 1.165) is 6.42 Å². The van der Waals surface area contributed by atoms with E-state index in [0.29, 0.717) is 12.2 Å². The summed E-state index contributed by atoms with van der Waals surface area (Å²) in [6.45, 7) is 6.29. The van der Waals surface area contributed by atoms with Gasteiger partial charge < -0.3 is 10.2 Å². The maximum atomic E-state index is 12.4. The molecule has 0 radical (unpaired) electrons. The van der Waals surface area contributed by atoms with Crippen molar-refractivity contribution in [2.45, 2.75) is 33.2 Å². The third-order valence-electron chi connectivity index (χ3n) is 3.39. The number of nitrogens with zero attached hydrogens (tertiary/aromatic N) is 2. The van der Waals surface area contributed by atoms with Gasteiger partial charge in [-0.15, -0.1) is 0 Å². The van der Waals surface area contributed by atoms with Crippen molar-refractivity contribution in [1.29, 1.82) is 0 Å². The van der Waals surface area contributed by atoms with Crippen molar-refractivity contribution in [3.8, 4) is 0 Å². The molecule has 1 aromatic rings. The van der Waals surface area contributed by atoms with Gasteiger partial charge in [-0.25, -0.2) is 0 Å². The van der Waals surface area contributed by atoms with Crippen LogP contribution in [0.1, 0.15) is 37.6 Å². The molecule has 1 N–H and O–H groups in total. The summed E-state index contributed by atoms with van der Waals surface area (Å²) < 4.78 is 0. The average molecular weight is 279 g/mol. The Hall–Kier alpha value is -2.11. The lowest BCUT2D eigenvalue weighted by Crippen LogP contribution is -2.35. The maximum Gasteiger partial charge on any atom is 0.305 e. The van der Waals surface area contributed by atoms with Crippen molar-refractivity contribution < 1.29 is 9.72 Å². The molecular formula is C14H21N3O3. The summed E-state index contributed by atoms with van der Waals surface area (Å²) in [5, 5.41) is 14.2. The van der Waals surface area contributed by atoms with Gasteiger partial charge in [-0.3, -0.25) is 14.9 Å². The molecule has 6 nitrogen and oxygen atoms in total. The topological polar surface area (TPSA) is 75.5 Å². The van der Waals surface area contributed by atoms with Gasteiger partial charge in [-0.1, -0.05) is 13.0 Å². The first-order chi connectivity index (χ1) is 9.43. The monoisotopic (exact) mass is 279 g/mol. The van der Waals surface area contributed by atoms with E-state index >= 15 is 0 Å². The van der Waals surface area contributed by atoms with Gasteiger partial charge in [0.15, 0.2) is 0 Å². The zero-order valence-electron chi connectivity index (χ0n) is 12.3. The molecule has 1 atom stereocenters. The van der Waals surface area contributed by atoms with Gasteiger partial charge in [0.05, 0.1) is 4.92 Å². The van der Waals surface area contributed by atoms with Crippen molar-refractivity contribution >= 4 is 17.3 Å². The van der Waals surface area contributed by atoms with Gasteiger partial charge in [0.1, 0.15) is 11.3 Å². The summed E-state index contributed by atoms with van der Waals surface area (Å²) in [7, 11) is 1.67. The molecule has 0 bridgehead atoms. The predicted octanol–water partition coefficient (Wildman–Crippen LogP) is 2.90. The molecule has 0 aromatic heterocycles. The van der Waals surface area contributed by atoms with Crippen LogP contribution in [0.5, 0.6) is 0 Å². The number of benzene rings is 1. The fraction of sp³-hybridized carbons (Fsp3) is 0.500. The highest BCUT2D eigenvalue weighted by molar-refractivity contribution is 6.00. The molecule has 1 aromatic carbocycles. The highest BCUT2D eigenvalue weighted by Gasteiger charge is 2.27. The van der Waals surface area contributed by atoms with Crippen LogP contribution >= 0.6 is 0 Å². The molecule has 110 valence electrons. The Morgan fingerprint density at radius 2 is 2.10 bits per heavy atom. The Kier molecular flexibility index (Phi) is 5.49. The van der Waals surface area contributed by atoms with Crippen LogP contribution in [0.15, 0.2) is 18.2 Å². The normalized spacial score (nSPS) is 11.8. The zero-order chi connectivity index (χ0) is 15.3. The number of hydrogen-bond donors (Lipinski definition) is 1. The number of amides is 1. The number of carbonyl (C=O) groups is 1. The van der Waals surface area contributed by atoms with Gasteiger partial charge in [-0.2, -0.15) is 0 Å². The van der Waals surface area contributed by atoms with E-state index in [4.69, 9.17) is 0 Å². The second-order valence-corrected chi connectivity index (χ2v) is 4.66. The summed E-state index contributed by atoms with van der Waals surface area (Å²) in [5.41, 5.74) is 0.339. The molecule has 0 saturated carbocycles. The molecule has 20 heavy (non-hydrogen) atoms. The summed E-state index contributed by atoms with van der Waals surface area (Å²) in [4.78, 5) is 24.7. The molecule has 0 fully saturated rings. The second-order valence-electron chi connectivity index (χ2n) is 4.66. The van der Waals surface area contributed by atoms with Crippen LogP contribution in [0.25, 0.3) is 0 Å². The molecule has 0 aliphatic heterocycles. The quantitative estimate of drug-likeness (QED) is 0.641. The Labute approximate surface area is 118 Å². The van der Waals surface area contributed by atoms with Crippen LogP contribution in [0.4, 0.5) is 11.4 Å². The Morgan fingerprint density at radius 1 is 1.45 bits per heavy atom. The number of nitro groups is 1. The fourth-order valence-electron chi connectivity index (χ4n) is 1.91. The van der Waals surface area contributed by atoms with Gasteiger partial charge in [0, 0.05) is 19.6 Å². The van der Waals surface area contributed by atoms with Crippen molar-refractivity contribution in [2.24, 2.45) is 0 Å². The highest BCUT2D eigenvalue weighted by atomic mass is 16.6.